The number of hydrogen-bond acceptors (Lipinski definition) is 4. The zero-order valence-electron chi connectivity index (χ0n) is 11.0. The molecule has 2 aliphatic rings. The standard InChI is InChI=1S/C13H18N2O3/c1-8-14-10-9(11(16)15-8)6-13(7-12(10,2)3)17-4-5-18-13/h4-7H2,1-3H3,(H,14,15,16). The largest absolute Gasteiger partial charge is 0.347 e. The van der Waals surface area contributed by atoms with Crippen molar-refractivity contribution in [2.24, 2.45) is 0 Å². The van der Waals surface area contributed by atoms with Gasteiger partial charge in [0, 0.05) is 23.8 Å². The molecule has 0 atom stereocenters. The van der Waals surface area contributed by atoms with E-state index in [9.17, 15) is 4.79 Å². The van der Waals surface area contributed by atoms with Crippen LogP contribution in [0.3, 0.4) is 0 Å². The lowest BCUT2D eigenvalue weighted by Crippen LogP contribution is -2.47. The molecule has 3 rings (SSSR count). The first-order valence-electron chi connectivity index (χ1n) is 6.30. The Bertz CT molecular complexity index is 542. The van der Waals surface area contributed by atoms with Crippen LogP contribution >= 0.6 is 0 Å². The summed E-state index contributed by atoms with van der Waals surface area (Å²) in [4.78, 5) is 19.4. The molecule has 18 heavy (non-hydrogen) atoms. The molecule has 0 saturated carbocycles. The Morgan fingerprint density at radius 2 is 1.94 bits per heavy atom. The van der Waals surface area contributed by atoms with Gasteiger partial charge in [-0.05, 0) is 6.92 Å². The number of aromatic amines is 1. The van der Waals surface area contributed by atoms with E-state index < -0.39 is 5.79 Å². The minimum Gasteiger partial charge on any atom is -0.347 e. The van der Waals surface area contributed by atoms with Crippen LogP contribution < -0.4 is 5.56 Å². The highest BCUT2D eigenvalue weighted by Gasteiger charge is 2.48. The Morgan fingerprint density at radius 1 is 1.28 bits per heavy atom. The fourth-order valence-corrected chi connectivity index (χ4v) is 3.12. The first kappa shape index (κ1) is 11.9. The van der Waals surface area contributed by atoms with Crippen molar-refractivity contribution >= 4 is 0 Å². The third-order valence-electron chi connectivity index (χ3n) is 3.75. The summed E-state index contributed by atoms with van der Waals surface area (Å²) in [6.07, 6.45) is 1.23. The zero-order valence-corrected chi connectivity index (χ0v) is 11.0. The lowest BCUT2D eigenvalue weighted by Gasteiger charge is -2.41. The molecule has 0 radical (unpaired) electrons. The van der Waals surface area contributed by atoms with Gasteiger partial charge in [-0.3, -0.25) is 4.79 Å². The van der Waals surface area contributed by atoms with Crippen LogP contribution in [0.25, 0.3) is 0 Å². The third kappa shape index (κ3) is 1.69. The highest BCUT2D eigenvalue weighted by Crippen LogP contribution is 2.43. The Balaban J connectivity index is 2.16. The Hall–Kier alpha value is -1.20. The molecule has 5 nitrogen and oxygen atoms in total. The summed E-state index contributed by atoms with van der Waals surface area (Å²) >= 11 is 0. The average Bonchev–Trinajstić information content (AvgIpc) is 2.68. The SMILES string of the molecule is Cc1nc2c(c(=O)[nH]1)CC1(CC2(C)C)OCCO1. The summed E-state index contributed by atoms with van der Waals surface area (Å²) in [5, 5.41) is 0. The molecule has 1 fully saturated rings. The van der Waals surface area contributed by atoms with Crippen molar-refractivity contribution in [2.45, 2.75) is 44.8 Å². The number of rotatable bonds is 0. The highest BCUT2D eigenvalue weighted by atomic mass is 16.7. The fourth-order valence-electron chi connectivity index (χ4n) is 3.12. The molecular weight excluding hydrogens is 232 g/mol. The number of ether oxygens (including phenoxy) is 2. The van der Waals surface area contributed by atoms with Crippen LogP contribution in [0.4, 0.5) is 0 Å². The molecule has 1 aliphatic heterocycles. The highest BCUT2D eigenvalue weighted by molar-refractivity contribution is 5.31. The van der Waals surface area contributed by atoms with E-state index in [2.05, 4.69) is 23.8 Å². The number of aromatic nitrogens is 2. The van der Waals surface area contributed by atoms with Crippen LogP contribution in [-0.2, 0) is 21.3 Å². The fraction of sp³-hybridized carbons (Fsp3) is 0.692. The molecule has 1 aliphatic carbocycles. The number of fused-ring (bicyclic) bond motifs is 1. The number of nitrogens with one attached hydrogen (secondary N) is 1. The summed E-state index contributed by atoms with van der Waals surface area (Å²) in [6.45, 7) is 7.18. The van der Waals surface area contributed by atoms with Crippen molar-refractivity contribution in [1.82, 2.24) is 9.97 Å². The minimum absolute atomic E-state index is 0.0660. The number of aryl methyl sites for hydroxylation is 1. The van der Waals surface area contributed by atoms with Gasteiger partial charge in [-0.2, -0.15) is 0 Å². The van der Waals surface area contributed by atoms with E-state index in [0.717, 1.165) is 12.1 Å². The first-order chi connectivity index (χ1) is 8.42. The number of nitrogens with zero attached hydrogens (tertiary/aromatic N) is 1. The van der Waals surface area contributed by atoms with Gasteiger partial charge < -0.3 is 14.5 Å². The van der Waals surface area contributed by atoms with E-state index in [0.29, 0.717) is 31.0 Å². The smallest absolute Gasteiger partial charge is 0.254 e. The minimum atomic E-state index is -0.625. The first-order valence-corrected chi connectivity index (χ1v) is 6.30. The average molecular weight is 250 g/mol. The Labute approximate surface area is 106 Å². The molecule has 2 heterocycles. The Morgan fingerprint density at radius 3 is 2.61 bits per heavy atom. The molecule has 0 aromatic carbocycles. The van der Waals surface area contributed by atoms with Gasteiger partial charge in [0.2, 0.25) is 0 Å². The molecule has 1 N–H and O–H groups in total. The van der Waals surface area contributed by atoms with E-state index in [1.54, 1.807) is 0 Å². The molecule has 0 bridgehead atoms. The quantitative estimate of drug-likeness (QED) is 0.747. The van der Waals surface area contributed by atoms with E-state index in [4.69, 9.17) is 9.47 Å². The second-order valence-electron chi connectivity index (χ2n) is 5.82. The second kappa shape index (κ2) is 3.65. The molecule has 1 saturated heterocycles. The van der Waals surface area contributed by atoms with Crippen molar-refractivity contribution in [2.75, 3.05) is 13.2 Å². The van der Waals surface area contributed by atoms with E-state index in [-0.39, 0.29) is 11.0 Å². The van der Waals surface area contributed by atoms with Gasteiger partial charge in [0.1, 0.15) is 5.82 Å². The maximum absolute atomic E-state index is 12.1. The third-order valence-corrected chi connectivity index (χ3v) is 3.75. The lowest BCUT2D eigenvalue weighted by molar-refractivity contribution is -0.175. The maximum Gasteiger partial charge on any atom is 0.254 e. The summed E-state index contributed by atoms with van der Waals surface area (Å²) in [5.41, 5.74) is 1.31. The van der Waals surface area contributed by atoms with Crippen molar-refractivity contribution in [3.63, 3.8) is 0 Å². The molecule has 0 amide bonds. The normalized spacial score (nSPS) is 24.2. The van der Waals surface area contributed by atoms with Gasteiger partial charge in [0.15, 0.2) is 5.79 Å². The molecule has 98 valence electrons. The predicted molar refractivity (Wildman–Crippen MR) is 65.6 cm³/mol. The number of hydrogen-bond donors (Lipinski definition) is 1. The van der Waals surface area contributed by atoms with Crippen LogP contribution in [0, 0.1) is 6.92 Å². The lowest BCUT2D eigenvalue weighted by atomic mass is 9.73. The van der Waals surface area contributed by atoms with Gasteiger partial charge in [0.05, 0.1) is 18.9 Å². The van der Waals surface area contributed by atoms with E-state index in [1.165, 1.54) is 0 Å². The molecule has 1 aromatic heterocycles. The molecule has 1 aromatic rings. The second-order valence-corrected chi connectivity index (χ2v) is 5.82. The predicted octanol–water partition coefficient (Wildman–Crippen LogP) is 1.05. The van der Waals surface area contributed by atoms with Crippen molar-refractivity contribution < 1.29 is 9.47 Å². The van der Waals surface area contributed by atoms with Crippen molar-refractivity contribution in [3.8, 4) is 0 Å². The van der Waals surface area contributed by atoms with Crippen molar-refractivity contribution in [1.29, 1.82) is 0 Å². The van der Waals surface area contributed by atoms with Crippen LogP contribution in [0.15, 0.2) is 4.79 Å². The van der Waals surface area contributed by atoms with Gasteiger partial charge in [-0.15, -0.1) is 0 Å². The molecule has 1 spiro atoms. The topological polar surface area (TPSA) is 64.2 Å². The van der Waals surface area contributed by atoms with Gasteiger partial charge in [0.25, 0.3) is 5.56 Å². The zero-order chi connectivity index (χ0) is 13.0. The summed E-state index contributed by atoms with van der Waals surface area (Å²) < 4.78 is 11.5. The summed E-state index contributed by atoms with van der Waals surface area (Å²) in [7, 11) is 0. The molecular formula is C13H18N2O3. The maximum atomic E-state index is 12.1. The summed E-state index contributed by atoms with van der Waals surface area (Å²) in [5.74, 6) is 0.0384. The Kier molecular flexibility index (Phi) is 2.40. The van der Waals surface area contributed by atoms with Crippen LogP contribution in [0.2, 0.25) is 0 Å². The van der Waals surface area contributed by atoms with Crippen LogP contribution in [0.1, 0.15) is 37.4 Å². The van der Waals surface area contributed by atoms with E-state index >= 15 is 0 Å². The molecule has 5 heteroatoms. The summed E-state index contributed by atoms with van der Waals surface area (Å²) in [6, 6.07) is 0. The number of H-pyrrole nitrogens is 1. The molecule has 0 unspecified atom stereocenters. The van der Waals surface area contributed by atoms with Gasteiger partial charge in [-0.25, -0.2) is 4.98 Å². The monoisotopic (exact) mass is 250 g/mol. The van der Waals surface area contributed by atoms with Crippen LogP contribution in [-0.4, -0.2) is 29.0 Å². The van der Waals surface area contributed by atoms with Gasteiger partial charge >= 0.3 is 0 Å². The van der Waals surface area contributed by atoms with Crippen molar-refractivity contribution in [3.05, 3.63) is 27.4 Å². The van der Waals surface area contributed by atoms with Gasteiger partial charge in [-0.1, -0.05) is 13.8 Å². The van der Waals surface area contributed by atoms with Crippen LogP contribution in [0.5, 0.6) is 0 Å². The van der Waals surface area contributed by atoms with E-state index in [1.807, 2.05) is 6.92 Å².